The number of aldehydes is 1. The van der Waals surface area contributed by atoms with Crippen LogP contribution in [0, 0.1) is 0 Å². The smallest absolute Gasteiger partial charge is 0.317 e. The lowest BCUT2D eigenvalue weighted by Crippen LogP contribution is -2.57. The molecule has 6 nitrogen and oxygen atoms in total. The summed E-state index contributed by atoms with van der Waals surface area (Å²) in [6.07, 6.45) is 4.62. The fourth-order valence-corrected chi connectivity index (χ4v) is 5.27. The van der Waals surface area contributed by atoms with E-state index < -0.39 is 0 Å². The van der Waals surface area contributed by atoms with E-state index in [4.69, 9.17) is 0 Å². The molecule has 1 saturated heterocycles. The van der Waals surface area contributed by atoms with Gasteiger partial charge in [-0.2, -0.15) is 0 Å². The minimum absolute atomic E-state index is 0.0107. The average molecular weight is 395 g/mol. The lowest BCUT2D eigenvalue weighted by Gasteiger charge is -2.47. The molecule has 1 aromatic heterocycles. The van der Waals surface area contributed by atoms with Crippen LogP contribution in [0.3, 0.4) is 0 Å². The minimum atomic E-state index is 0.0107. The molecule has 1 aliphatic carbocycles. The maximum absolute atomic E-state index is 12.7. The molecule has 2 aliphatic rings. The number of nitrogens with one attached hydrogen (secondary N) is 2. The first-order valence-corrected chi connectivity index (χ1v) is 10.6. The summed E-state index contributed by atoms with van der Waals surface area (Å²) >= 11 is 0. The van der Waals surface area contributed by atoms with Crippen LogP contribution in [0.4, 0.5) is 4.79 Å². The molecule has 2 heterocycles. The third-order valence-electron chi connectivity index (χ3n) is 6.59. The quantitative estimate of drug-likeness (QED) is 0.583. The largest absolute Gasteiger partial charge is 0.352 e. The molecule has 2 amide bonds. The van der Waals surface area contributed by atoms with Gasteiger partial charge in [-0.25, -0.2) is 4.79 Å². The molecule has 1 aliphatic heterocycles. The third kappa shape index (κ3) is 3.35. The van der Waals surface area contributed by atoms with Crippen LogP contribution in [0.5, 0.6) is 0 Å². The number of piperidine rings is 1. The number of benzene rings is 1. The number of nitrogens with zero attached hydrogens (tertiary/aromatic N) is 2. The Morgan fingerprint density at radius 1 is 1.38 bits per heavy atom. The fourth-order valence-electron chi connectivity index (χ4n) is 5.27. The molecule has 29 heavy (non-hydrogen) atoms. The van der Waals surface area contributed by atoms with Crippen LogP contribution >= 0.6 is 0 Å². The lowest BCUT2D eigenvalue weighted by molar-refractivity contribution is 0.107. The van der Waals surface area contributed by atoms with Crippen molar-refractivity contribution >= 4 is 23.2 Å². The average Bonchev–Trinajstić information content (AvgIpc) is 3.09. The van der Waals surface area contributed by atoms with Gasteiger partial charge in [-0.1, -0.05) is 18.2 Å². The number of rotatable bonds is 6. The van der Waals surface area contributed by atoms with Crippen molar-refractivity contribution in [1.82, 2.24) is 20.1 Å². The zero-order chi connectivity index (χ0) is 20.5. The first kappa shape index (κ1) is 19.7. The highest BCUT2D eigenvalue weighted by Crippen LogP contribution is 2.44. The molecule has 0 spiro atoms. The predicted octanol–water partition coefficient (Wildman–Crippen LogP) is 3.30. The molecule has 0 radical (unpaired) electrons. The number of fused-ring (bicyclic) bond motifs is 2. The Bertz CT molecular complexity index is 930. The van der Waals surface area contributed by atoms with Gasteiger partial charge in [-0.3, -0.25) is 9.69 Å². The Labute approximate surface area is 171 Å². The molecule has 2 aromatic rings. The molecular formula is C23H30N4O2. The fraction of sp³-hybridized carbons (Fsp3) is 0.478. The Morgan fingerprint density at radius 2 is 2.17 bits per heavy atom. The molecular weight excluding hydrogens is 364 g/mol. The van der Waals surface area contributed by atoms with Crippen molar-refractivity contribution in [2.24, 2.45) is 0 Å². The van der Waals surface area contributed by atoms with Crippen molar-refractivity contribution < 1.29 is 9.59 Å². The maximum Gasteiger partial charge on any atom is 0.317 e. The van der Waals surface area contributed by atoms with Gasteiger partial charge >= 0.3 is 6.03 Å². The third-order valence-corrected chi connectivity index (χ3v) is 6.59. The second kappa shape index (κ2) is 8.03. The van der Waals surface area contributed by atoms with Gasteiger partial charge in [0.25, 0.3) is 0 Å². The van der Waals surface area contributed by atoms with Crippen LogP contribution in [0.25, 0.3) is 10.9 Å². The zero-order valence-corrected chi connectivity index (χ0v) is 17.3. The summed E-state index contributed by atoms with van der Waals surface area (Å²) in [4.78, 5) is 31.8. The first-order chi connectivity index (χ1) is 14.1. The van der Waals surface area contributed by atoms with E-state index in [1.807, 2.05) is 30.9 Å². The molecule has 3 atom stereocenters. The summed E-state index contributed by atoms with van der Waals surface area (Å²) in [6.45, 7) is 10.9. The first-order valence-electron chi connectivity index (χ1n) is 10.6. The summed E-state index contributed by atoms with van der Waals surface area (Å²) in [5.74, 6) is 0.317. The summed E-state index contributed by atoms with van der Waals surface area (Å²) < 4.78 is 0. The predicted molar refractivity (Wildman–Crippen MR) is 116 cm³/mol. The number of amides is 2. The van der Waals surface area contributed by atoms with E-state index >= 15 is 0 Å². The molecule has 1 unspecified atom stereocenters. The Morgan fingerprint density at radius 3 is 2.86 bits per heavy atom. The van der Waals surface area contributed by atoms with Crippen molar-refractivity contribution in [3.8, 4) is 0 Å². The summed E-state index contributed by atoms with van der Waals surface area (Å²) in [7, 11) is 0. The molecule has 154 valence electrons. The number of aromatic nitrogens is 1. The van der Waals surface area contributed by atoms with Crippen LogP contribution < -0.4 is 5.32 Å². The number of likely N-dealkylation sites (tertiary alicyclic amines) is 1. The van der Waals surface area contributed by atoms with Gasteiger partial charge in [0.1, 0.15) is 0 Å². The van der Waals surface area contributed by atoms with Crippen LogP contribution in [0.2, 0.25) is 0 Å². The highest BCUT2D eigenvalue weighted by Gasteiger charge is 2.41. The van der Waals surface area contributed by atoms with Gasteiger partial charge in [-0.15, -0.1) is 6.58 Å². The molecule has 4 rings (SSSR count). The number of carbonyl (C=O) groups is 2. The van der Waals surface area contributed by atoms with E-state index in [1.165, 1.54) is 10.9 Å². The van der Waals surface area contributed by atoms with Gasteiger partial charge in [0.05, 0.1) is 5.69 Å². The van der Waals surface area contributed by atoms with Crippen molar-refractivity contribution in [1.29, 1.82) is 0 Å². The number of carbonyl (C=O) groups excluding carboxylic acids is 2. The van der Waals surface area contributed by atoms with Crippen molar-refractivity contribution in [2.45, 2.75) is 44.7 Å². The summed E-state index contributed by atoms with van der Waals surface area (Å²) in [6, 6.07) is 6.69. The topological polar surface area (TPSA) is 68.4 Å². The van der Waals surface area contributed by atoms with Crippen LogP contribution in [0.1, 0.15) is 47.8 Å². The zero-order valence-electron chi connectivity index (χ0n) is 17.3. The number of urea groups is 1. The monoisotopic (exact) mass is 394 g/mol. The lowest BCUT2D eigenvalue weighted by atomic mass is 9.73. The van der Waals surface area contributed by atoms with Crippen molar-refractivity contribution in [3.63, 3.8) is 0 Å². The van der Waals surface area contributed by atoms with Gasteiger partial charge in [0.15, 0.2) is 6.29 Å². The van der Waals surface area contributed by atoms with E-state index in [9.17, 15) is 9.59 Å². The number of hydrogen-bond acceptors (Lipinski definition) is 3. The molecule has 6 heteroatoms. The summed E-state index contributed by atoms with van der Waals surface area (Å²) in [5, 5.41) is 4.46. The van der Waals surface area contributed by atoms with Crippen molar-refractivity contribution in [2.75, 3.05) is 26.2 Å². The van der Waals surface area contributed by atoms with E-state index in [1.54, 1.807) is 0 Å². The molecule has 1 fully saturated rings. The van der Waals surface area contributed by atoms with Crippen LogP contribution in [-0.2, 0) is 6.42 Å². The number of hydrogen-bond donors (Lipinski definition) is 2. The van der Waals surface area contributed by atoms with Crippen molar-refractivity contribution in [3.05, 3.63) is 47.7 Å². The minimum Gasteiger partial charge on any atom is -0.352 e. The van der Waals surface area contributed by atoms with Gasteiger partial charge < -0.3 is 15.2 Å². The normalized spacial score (nSPS) is 23.4. The SMILES string of the molecule is C=CCN1C[C@@H](NC(=O)N(CC)CC)CC2c3cccc4[nH]c(C=O)c(c34)C[C@H]21. The Hall–Kier alpha value is -2.60. The highest BCUT2D eigenvalue weighted by molar-refractivity contribution is 5.95. The number of H-pyrrole nitrogens is 1. The standard InChI is InChI=1S/C23H30N4O2/c1-4-10-27-13-15(24-23(29)26(5-2)6-3)11-17-16-8-7-9-19-22(16)18(12-21(17)27)20(14-28)25-19/h4,7-9,14-15,17,21,25H,1,5-6,10-13H2,2-3H3,(H,24,29)/t15-,17?,21+/m0/s1. The molecule has 0 bridgehead atoms. The second-order valence-electron chi connectivity index (χ2n) is 8.08. The molecule has 2 N–H and O–H groups in total. The Kier molecular flexibility index (Phi) is 5.46. The molecule has 0 saturated carbocycles. The van der Waals surface area contributed by atoms with Gasteiger partial charge in [-0.05, 0) is 43.9 Å². The van der Waals surface area contributed by atoms with E-state index in [-0.39, 0.29) is 12.1 Å². The van der Waals surface area contributed by atoms with Crippen LogP contribution in [-0.4, -0.2) is 65.4 Å². The van der Waals surface area contributed by atoms with Crippen LogP contribution in [0.15, 0.2) is 30.9 Å². The second-order valence-corrected chi connectivity index (χ2v) is 8.08. The van der Waals surface area contributed by atoms with E-state index in [2.05, 4.69) is 33.9 Å². The van der Waals surface area contributed by atoms with Gasteiger partial charge in [0, 0.05) is 55.1 Å². The van der Waals surface area contributed by atoms with Gasteiger partial charge in [0.2, 0.25) is 0 Å². The Balaban J connectivity index is 1.69. The maximum atomic E-state index is 12.7. The molecule has 1 aromatic carbocycles. The number of aromatic amines is 1. The summed E-state index contributed by atoms with van der Waals surface area (Å²) in [5.41, 5.74) is 4.14. The highest BCUT2D eigenvalue weighted by atomic mass is 16.2. The van der Waals surface area contributed by atoms with E-state index in [0.29, 0.717) is 30.7 Å². The van der Waals surface area contributed by atoms with E-state index in [0.717, 1.165) is 43.3 Å².